The Balaban J connectivity index is 1.90. The van der Waals surface area contributed by atoms with Crippen molar-refractivity contribution in [3.63, 3.8) is 0 Å². The third-order valence-corrected chi connectivity index (χ3v) is 3.21. The fourth-order valence-corrected chi connectivity index (χ4v) is 2.19. The van der Waals surface area contributed by atoms with E-state index in [0.29, 0.717) is 0 Å². The second kappa shape index (κ2) is 5.24. The second-order valence-corrected chi connectivity index (χ2v) is 4.50. The molecular formula is C15H11FN2O3. The molecule has 0 amide bonds. The summed E-state index contributed by atoms with van der Waals surface area (Å²) in [4.78, 5) is 10.3. The SMILES string of the molecule is O=[N+]([O-])c1cccc(F)c1NCc1coc2ccccc12. The van der Waals surface area contributed by atoms with Crippen molar-refractivity contribution in [2.75, 3.05) is 5.32 Å². The number of hydrogen-bond donors (Lipinski definition) is 1. The van der Waals surface area contributed by atoms with Crippen LogP contribution in [-0.4, -0.2) is 4.92 Å². The molecule has 2 aromatic carbocycles. The molecule has 0 aliphatic rings. The van der Waals surface area contributed by atoms with Crippen LogP contribution in [0.3, 0.4) is 0 Å². The van der Waals surface area contributed by atoms with E-state index >= 15 is 0 Å². The summed E-state index contributed by atoms with van der Waals surface area (Å²) in [6.45, 7) is 0.235. The maximum absolute atomic E-state index is 13.8. The van der Waals surface area contributed by atoms with E-state index < -0.39 is 10.7 Å². The van der Waals surface area contributed by atoms with Gasteiger partial charge in [-0.2, -0.15) is 0 Å². The number of benzene rings is 2. The third-order valence-electron chi connectivity index (χ3n) is 3.21. The predicted molar refractivity (Wildman–Crippen MR) is 76.6 cm³/mol. The Kier molecular flexibility index (Phi) is 3.27. The first kappa shape index (κ1) is 13.1. The summed E-state index contributed by atoms with van der Waals surface area (Å²) in [7, 11) is 0. The Morgan fingerprint density at radius 1 is 1.19 bits per heavy atom. The van der Waals surface area contributed by atoms with Crippen LogP contribution in [0.5, 0.6) is 0 Å². The molecule has 3 rings (SSSR count). The number of nitro benzene ring substituents is 1. The average molecular weight is 286 g/mol. The molecule has 0 atom stereocenters. The summed E-state index contributed by atoms with van der Waals surface area (Å²) in [5.41, 5.74) is 1.12. The highest BCUT2D eigenvalue weighted by atomic mass is 19.1. The predicted octanol–water partition coefficient (Wildman–Crippen LogP) is 4.09. The number of anilines is 1. The molecule has 0 spiro atoms. The number of rotatable bonds is 4. The lowest BCUT2D eigenvalue weighted by Gasteiger charge is -2.07. The molecule has 6 heteroatoms. The van der Waals surface area contributed by atoms with Gasteiger partial charge in [-0.05, 0) is 12.1 Å². The largest absolute Gasteiger partial charge is 0.464 e. The molecule has 1 N–H and O–H groups in total. The minimum atomic E-state index is -0.656. The minimum Gasteiger partial charge on any atom is -0.464 e. The second-order valence-electron chi connectivity index (χ2n) is 4.50. The maximum Gasteiger partial charge on any atom is 0.295 e. The van der Waals surface area contributed by atoms with Gasteiger partial charge in [0.15, 0.2) is 5.82 Å². The lowest BCUT2D eigenvalue weighted by atomic mass is 10.1. The highest BCUT2D eigenvalue weighted by Gasteiger charge is 2.17. The molecule has 21 heavy (non-hydrogen) atoms. The zero-order chi connectivity index (χ0) is 14.8. The summed E-state index contributed by atoms with van der Waals surface area (Å²) in [5.74, 6) is -0.656. The molecule has 0 unspecified atom stereocenters. The monoisotopic (exact) mass is 286 g/mol. The average Bonchev–Trinajstić information content (AvgIpc) is 2.89. The third kappa shape index (κ3) is 2.43. The summed E-state index contributed by atoms with van der Waals surface area (Å²) >= 11 is 0. The van der Waals surface area contributed by atoms with Gasteiger partial charge >= 0.3 is 0 Å². The number of nitro groups is 1. The first-order chi connectivity index (χ1) is 10.2. The van der Waals surface area contributed by atoms with Crippen LogP contribution < -0.4 is 5.32 Å². The van der Waals surface area contributed by atoms with Crippen molar-refractivity contribution in [3.8, 4) is 0 Å². The smallest absolute Gasteiger partial charge is 0.295 e. The van der Waals surface area contributed by atoms with Crippen molar-refractivity contribution >= 4 is 22.3 Å². The normalized spacial score (nSPS) is 10.7. The molecule has 5 nitrogen and oxygen atoms in total. The quantitative estimate of drug-likeness (QED) is 0.579. The summed E-state index contributed by atoms with van der Waals surface area (Å²) < 4.78 is 19.1. The molecule has 0 fully saturated rings. The van der Waals surface area contributed by atoms with E-state index in [9.17, 15) is 14.5 Å². The van der Waals surface area contributed by atoms with Crippen molar-refractivity contribution in [2.24, 2.45) is 0 Å². The van der Waals surface area contributed by atoms with E-state index in [0.717, 1.165) is 16.5 Å². The van der Waals surface area contributed by atoms with Crippen LogP contribution in [0.2, 0.25) is 0 Å². The highest BCUT2D eigenvalue weighted by molar-refractivity contribution is 5.81. The molecule has 106 valence electrons. The van der Waals surface area contributed by atoms with Gasteiger partial charge in [0.1, 0.15) is 11.3 Å². The van der Waals surface area contributed by atoms with Crippen LogP contribution >= 0.6 is 0 Å². The summed E-state index contributed by atoms with van der Waals surface area (Å²) in [5, 5.41) is 14.6. The van der Waals surface area contributed by atoms with Gasteiger partial charge in [-0.25, -0.2) is 4.39 Å². The van der Waals surface area contributed by atoms with Gasteiger partial charge in [-0.1, -0.05) is 24.3 Å². The number of halogens is 1. The molecule has 3 aromatic rings. The van der Waals surface area contributed by atoms with Gasteiger partial charge in [-0.15, -0.1) is 0 Å². The fraction of sp³-hybridized carbons (Fsp3) is 0.0667. The van der Waals surface area contributed by atoms with Crippen LogP contribution in [0.15, 0.2) is 53.1 Å². The number of furan rings is 1. The zero-order valence-corrected chi connectivity index (χ0v) is 10.9. The molecule has 0 bridgehead atoms. The van der Waals surface area contributed by atoms with Gasteiger partial charge in [0.2, 0.25) is 0 Å². The van der Waals surface area contributed by atoms with Gasteiger partial charge in [0.25, 0.3) is 5.69 Å². The summed E-state index contributed by atoms with van der Waals surface area (Å²) in [6, 6.07) is 11.2. The molecule has 0 radical (unpaired) electrons. The molecular weight excluding hydrogens is 275 g/mol. The van der Waals surface area contributed by atoms with Crippen LogP contribution in [0, 0.1) is 15.9 Å². The molecule has 0 saturated heterocycles. The van der Waals surface area contributed by atoms with Gasteiger partial charge in [-0.3, -0.25) is 10.1 Å². The Morgan fingerprint density at radius 3 is 2.81 bits per heavy atom. The van der Waals surface area contributed by atoms with Gasteiger partial charge < -0.3 is 9.73 Å². The van der Waals surface area contributed by atoms with Crippen LogP contribution in [0.1, 0.15) is 5.56 Å². The number of nitrogens with zero attached hydrogens (tertiary/aromatic N) is 1. The summed E-state index contributed by atoms with van der Waals surface area (Å²) in [6.07, 6.45) is 1.56. The number of fused-ring (bicyclic) bond motifs is 1. The van der Waals surface area contributed by atoms with E-state index in [1.54, 1.807) is 6.26 Å². The van der Waals surface area contributed by atoms with Crippen molar-refractivity contribution < 1.29 is 13.7 Å². The van der Waals surface area contributed by atoms with Crippen LogP contribution in [0.25, 0.3) is 11.0 Å². The van der Waals surface area contributed by atoms with Gasteiger partial charge in [0.05, 0.1) is 11.2 Å². The molecule has 0 aliphatic carbocycles. The topological polar surface area (TPSA) is 68.3 Å². The van der Waals surface area contributed by atoms with Crippen molar-refractivity contribution in [2.45, 2.75) is 6.54 Å². The Hall–Kier alpha value is -2.89. The van der Waals surface area contributed by atoms with Crippen molar-refractivity contribution in [1.29, 1.82) is 0 Å². The standard InChI is InChI=1S/C15H11FN2O3/c16-12-5-3-6-13(18(19)20)15(12)17-8-10-9-21-14-7-2-1-4-11(10)14/h1-7,9,17H,8H2. The lowest BCUT2D eigenvalue weighted by Crippen LogP contribution is -2.04. The number of para-hydroxylation sites is 2. The Bertz CT molecular complexity index is 814. The van der Waals surface area contributed by atoms with E-state index in [1.165, 1.54) is 18.2 Å². The first-order valence-electron chi connectivity index (χ1n) is 6.28. The van der Waals surface area contributed by atoms with E-state index in [1.807, 2.05) is 24.3 Å². The van der Waals surface area contributed by atoms with Gasteiger partial charge in [0, 0.05) is 23.6 Å². The van der Waals surface area contributed by atoms with E-state index in [4.69, 9.17) is 4.42 Å². The number of hydrogen-bond acceptors (Lipinski definition) is 4. The molecule has 1 heterocycles. The van der Waals surface area contributed by atoms with Crippen molar-refractivity contribution in [3.05, 3.63) is 70.2 Å². The Morgan fingerprint density at radius 2 is 2.00 bits per heavy atom. The van der Waals surface area contributed by atoms with Crippen molar-refractivity contribution in [1.82, 2.24) is 0 Å². The highest BCUT2D eigenvalue weighted by Crippen LogP contribution is 2.28. The Labute approximate surface area is 119 Å². The zero-order valence-electron chi connectivity index (χ0n) is 10.9. The maximum atomic E-state index is 13.8. The van der Waals surface area contributed by atoms with E-state index in [-0.39, 0.29) is 17.9 Å². The molecule has 0 aliphatic heterocycles. The van der Waals surface area contributed by atoms with Crippen LogP contribution in [0.4, 0.5) is 15.8 Å². The van der Waals surface area contributed by atoms with Crippen LogP contribution in [-0.2, 0) is 6.54 Å². The minimum absolute atomic E-state index is 0.118. The molecule has 0 saturated carbocycles. The number of nitrogens with one attached hydrogen (secondary N) is 1. The lowest BCUT2D eigenvalue weighted by molar-refractivity contribution is -0.384. The van der Waals surface area contributed by atoms with E-state index in [2.05, 4.69) is 5.32 Å². The fourth-order valence-electron chi connectivity index (χ4n) is 2.19. The first-order valence-corrected chi connectivity index (χ1v) is 6.28. The molecule has 1 aromatic heterocycles.